The van der Waals surface area contributed by atoms with Crippen molar-refractivity contribution < 1.29 is 14.1 Å². The van der Waals surface area contributed by atoms with Gasteiger partial charge in [0.2, 0.25) is 0 Å². The molecule has 5 nitrogen and oxygen atoms in total. The molecule has 0 amide bonds. The fraction of sp³-hybridized carbons (Fsp3) is 0.273. The van der Waals surface area contributed by atoms with Crippen molar-refractivity contribution in [3.63, 3.8) is 0 Å². The number of aromatic nitrogens is 1. The van der Waals surface area contributed by atoms with E-state index in [9.17, 15) is 14.1 Å². The molecule has 1 atom stereocenters. The molecule has 1 unspecified atom stereocenters. The zero-order chi connectivity index (χ0) is 20.8. The van der Waals surface area contributed by atoms with Crippen LogP contribution in [0.1, 0.15) is 31.1 Å². The molecule has 0 radical (unpaired) electrons. The molecule has 0 aliphatic carbocycles. The fourth-order valence-electron chi connectivity index (χ4n) is 3.37. The number of nitrogens with zero attached hydrogens (tertiary/aromatic N) is 1. The van der Waals surface area contributed by atoms with E-state index in [-0.39, 0.29) is 12.1 Å². The Kier molecular flexibility index (Phi) is 5.14. The first-order valence-electron chi connectivity index (χ1n) is 9.29. The van der Waals surface area contributed by atoms with Crippen LogP contribution in [-0.2, 0) is 22.5 Å². The number of pyridine rings is 1. The summed E-state index contributed by atoms with van der Waals surface area (Å²) in [5.74, 6) is -0.173. The molecule has 1 aliphatic heterocycles. The van der Waals surface area contributed by atoms with E-state index in [1.807, 2.05) is 56.5 Å². The molecule has 4 rings (SSSR count). The number of carbonyl (C=O) groups excluding carboxylic acids is 1. The molecule has 0 saturated carbocycles. The molecule has 2 aromatic heterocycles. The third-order valence-corrected chi connectivity index (χ3v) is 7.02. The predicted octanol–water partition coefficient (Wildman–Crippen LogP) is 4.32. The smallest absolute Gasteiger partial charge is 0.340 e. The lowest BCUT2D eigenvalue weighted by atomic mass is 10.0. The van der Waals surface area contributed by atoms with E-state index in [1.54, 1.807) is 16.7 Å². The summed E-state index contributed by atoms with van der Waals surface area (Å²) < 4.78 is 19.9. The average Bonchev–Trinajstić information content (AvgIpc) is 3.10. The predicted molar refractivity (Wildman–Crippen MR) is 116 cm³/mol. The fourth-order valence-corrected chi connectivity index (χ4v) is 5.83. The quantitative estimate of drug-likeness (QED) is 0.451. The first kappa shape index (κ1) is 19.9. The Bertz CT molecular complexity index is 1130. The van der Waals surface area contributed by atoms with Gasteiger partial charge < -0.3 is 13.9 Å². The second kappa shape index (κ2) is 7.48. The average molecular weight is 428 g/mol. The number of fused-ring (bicyclic) bond motifs is 3. The monoisotopic (exact) mass is 427 g/mol. The summed E-state index contributed by atoms with van der Waals surface area (Å²) in [4.78, 5) is 27.9. The Labute approximate surface area is 176 Å². The minimum atomic E-state index is -1.23. The van der Waals surface area contributed by atoms with Gasteiger partial charge in [0.15, 0.2) is 4.90 Å². The van der Waals surface area contributed by atoms with Crippen LogP contribution in [0.5, 0.6) is 0 Å². The maximum atomic E-state index is 13.4. The first-order chi connectivity index (χ1) is 13.8. The van der Waals surface area contributed by atoms with E-state index >= 15 is 0 Å². The molecule has 3 aromatic rings. The molecule has 0 spiro atoms. The van der Waals surface area contributed by atoms with Crippen molar-refractivity contribution >= 4 is 28.5 Å². The number of carbonyl (C=O) groups is 1. The standard InChI is InChI=1S/C22H21NO4S2/c1-22(2,3)27-21(25)16-13-15(14-7-5-4-6-8-14)20(24)23-10-12-29(26)17-9-11-28-19(17)18(16)23/h4-9,11,13H,10,12H2,1-3H3. The Hall–Kier alpha value is -2.35. The van der Waals surface area contributed by atoms with Crippen molar-refractivity contribution in [2.75, 3.05) is 5.75 Å². The zero-order valence-corrected chi connectivity index (χ0v) is 18.1. The third kappa shape index (κ3) is 3.77. The highest BCUT2D eigenvalue weighted by Crippen LogP contribution is 2.38. The lowest BCUT2D eigenvalue weighted by molar-refractivity contribution is 0.00697. The van der Waals surface area contributed by atoms with Gasteiger partial charge >= 0.3 is 5.97 Å². The zero-order valence-electron chi connectivity index (χ0n) is 16.4. The second-order valence-corrected chi connectivity index (χ2v) is 10.3. The summed E-state index contributed by atoms with van der Waals surface area (Å²) in [5, 5.41) is 1.84. The van der Waals surface area contributed by atoms with Crippen molar-refractivity contribution in [1.82, 2.24) is 4.57 Å². The third-order valence-electron chi connectivity index (χ3n) is 4.58. The molecule has 3 heterocycles. The summed E-state index contributed by atoms with van der Waals surface area (Å²) in [6.45, 7) is 5.70. The molecule has 29 heavy (non-hydrogen) atoms. The first-order valence-corrected chi connectivity index (χ1v) is 11.5. The van der Waals surface area contributed by atoms with Crippen LogP contribution in [-0.4, -0.2) is 26.4 Å². The van der Waals surface area contributed by atoms with Crippen molar-refractivity contribution in [3.05, 3.63) is 63.8 Å². The van der Waals surface area contributed by atoms with Gasteiger partial charge in [0, 0.05) is 11.6 Å². The van der Waals surface area contributed by atoms with Crippen LogP contribution in [0.15, 0.2) is 57.5 Å². The number of rotatable bonds is 2. The SMILES string of the molecule is CC(C)(C)OC(=O)c1cc(-c2ccccc2)c(=O)n2c1-c1sccc1[S+]([O-])CC2. The Balaban J connectivity index is 2.02. The lowest BCUT2D eigenvalue weighted by Gasteiger charge is -2.22. The van der Waals surface area contributed by atoms with E-state index in [1.165, 1.54) is 11.3 Å². The van der Waals surface area contributed by atoms with Gasteiger partial charge in [-0.15, -0.1) is 11.3 Å². The lowest BCUT2D eigenvalue weighted by Crippen LogP contribution is -2.29. The van der Waals surface area contributed by atoms with Gasteiger partial charge in [-0.05, 0) is 49.0 Å². The van der Waals surface area contributed by atoms with Crippen LogP contribution in [0.3, 0.4) is 0 Å². The van der Waals surface area contributed by atoms with Gasteiger partial charge in [0.05, 0.1) is 17.8 Å². The molecule has 0 saturated heterocycles. The maximum Gasteiger partial charge on any atom is 0.340 e. The number of hydrogen-bond acceptors (Lipinski definition) is 5. The van der Waals surface area contributed by atoms with Gasteiger partial charge in [-0.3, -0.25) is 4.79 Å². The maximum absolute atomic E-state index is 13.4. The summed E-state index contributed by atoms with van der Waals surface area (Å²) in [6, 6.07) is 12.7. The van der Waals surface area contributed by atoms with E-state index in [0.29, 0.717) is 32.3 Å². The van der Waals surface area contributed by atoms with Crippen LogP contribution in [0.4, 0.5) is 0 Å². The molecule has 150 valence electrons. The van der Waals surface area contributed by atoms with Gasteiger partial charge in [0.25, 0.3) is 5.56 Å². The van der Waals surface area contributed by atoms with Crippen LogP contribution < -0.4 is 5.56 Å². The summed E-state index contributed by atoms with van der Waals surface area (Å²) in [7, 11) is 0. The van der Waals surface area contributed by atoms with Gasteiger partial charge in [-0.1, -0.05) is 30.3 Å². The van der Waals surface area contributed by atoms with E-state index in [2.05, 4.69) is 0 Å². The second-order valence-electron chi connectivity index (χ2n) is 7.81. The van der Waals surface area contributed by atoms with Gasteiger partial charge in [0.1, 0.15) is 16.2 Å². The molecule has 1 aromatic carbocycles. The summed E-state index contributed by atoms with van der Waals surface area (Å²) >= 11 is 0.156. The van der Waals surface area contributed by atoms with Crippen LogP contribution in [0.2, 0.25) is 0 Å². The highest BCUT2D eigenvalue weighted by Gasteiger charge is 2.32. The number of benzene rings is 1. The van der Waals surface area contributed by atoms with Crippen LogP contribution in [0, 0.1) is 0 Å². The minimum absolute atomic E-state index is 0.197. The molecule has 7 heteroatoms. The van der Waals surface area contributed by atoms with Gasteiger partial charge in [-0.25, -0.2) is 4.79 Å². The molecule has 0 N–H and O–H groups in total. The number of ether oxygens (including phenoxy) is 1. The van der Waals surface area contributed by atoms with E-state index in [4.69, 9.17) is 4.74 Å². The minimum Gasteiger partial charge on any atom is -0.611 e. The van der Waals surface area contributed by atoms with E-state index in [0.717, 1.165) is 5.56 Å². The van der Waals surface area contributed by atoms with Crippen molar-refractivity contribution in [1.29, 1.82) is 0 Å². The molecule has 0 bridgehead atoms. The van der Waals surface area contributed by atoms with Crippen molar-refractivity contribution in [2.45, 2.75) is 37.8 Å². The molecule has 0 fully saturated rings. The van der Waals surface area contributed by atoms with Crippen molar-refractivity contribution in [2.24, 2.45) is 0 Å². The van der Waals surface area contributed by atoms with Gasteiger partial charge in [-0.2, -0.15) is 0 Å². The normalized spacial score (nSPS) is 15.9. The number of thiophene rings is 1. The summed E-state index contributed by atoms with van der Waals surface area (Å²) in [5.41, 5.74) is 1.11. The largest absolute Gasteiger partial charge is 0.611 e. The highest BCUT2D eigenvalue weighted by molar-refractivity contribution is 7.91. The Morgan fingerprint density at radius 2 is 1.93 bits per heavy atom. The van der Waals surface area contributed by atoms with E-state index < -0.39 is 22.7 Å². The highest BCUT2D eigenvalue weighted by atomic mass is 32.2. The Morgan fingerprint density at radius 3 is 2.62 bits per heavy atom. The number of hydrogen-bond donors (Lipinski definition) is 0. The molecular weight excluding hydrogens is 406 g/mol. The topological polar surface area (TPSA) is 71.4 Å². The molecular formula is C22H21NO4S2. The number of esters is 1. The Morgan fingerprint density at radius 1 is 1.21 bits per heavy atom. The van der Waals surface area contributed by atoms with Crippen molar-refractivity contribution in [3.8, 4) is 21.7 Å². The molecule has 1 aliphatic rings. The van der Waals surface area contributed by atoms with Crippen LogP contribution >= 0.6 is 11.3 Å². The summed E-state index contributed by atoms with van der Waals surface area (Å²) in [6.07, 6.45) is 0. The van der Waals surface area contributed by atoms with Crippen LogP contribution in [0.25, 0.3) is 21.7 Å².